The van der Waals surface area contributed by atoms with E-state index in [9.17, 15) is 9.18 Å². The zero-order chi connectivity index (χ0) is 21.5. The molecule has 0 bridgehead atoms. The van der Waals surface area contributed by atoms with Crippen LogP contribution in [0, 0.1) is 12.7 Å². The van der Waals surface area contributed by atoms with Gasteiger partial charge in [0.15, 0.2) is 17.3 Å². The van der Waals surface area contributed by atoms with E-state index in [1.54, 1.807) is 24.0 Å². The molecule has 0 atom stereocenters. The molecule has 1 aromatic carbocycles. The highest BCUT2D eigenvalue weighted by atomic mass is 19.1. The number of aryl methyl sites for hydroxylation is 1. The number of hydrogen-bond acceptors (Lipinski definition) is 4. The summed E-state index contributed by atoms with van der Waals surface area (Å²) in [5, 5.41) is 0. The largest absolute Gasteiger partial charge is 0.441 e. The molecular formula is C25H22FN3O2. The number of allylic oxidation sites excluding steroid dienone is 7. The van der Waals surface area contributed by atoms with Gasteiger partial charge in [0, 0.05) is 38.0 Å². The number of fused-ring (bicyclic) bond motifs is 2. The summed E-state index contributed by atoms with van der Waals surface area (Å²) in [6.45, 7) is 3.58. The van der Waals surface area contributed by atoms with E-state index in [1.165, 1.54) is 17.7 Å². The van der Waals surface area contributed by atoms with Crippen LogP contribution in [-0.4, -0.2) is 40.8 Å². The van der Waals surface area contributed by atoms with Crippen LogP contribution in [-0.2, 0) is 4.79 Å². The van der Waals surface area contributed by atoms with Gasteiger partial charge in [-0.3, -0.25) is 9.69 Å². The number of carbonyl (C=O) groups excluding carboxylic acids is 1. The minimum atomic E-state index is -0.471. The molecule has 0 unspecified atom stereocenters. The summed E-state index contributed by atoms with van der Waals surface area (Å²) in [7, 11) is 2.10. The van der Waals surface area contributed by atoms with Crippen LogP contribution in [0.1, 0.15) is 17.9 Å². The minimum absolute atomic E-state index is 0.185. The van der Waals surface area contributed by atoms with Crippen molar-refractivity contribution in [1.29, 1.82) is 0 Å². The number of carbonyl (C=O) groups is 1. The van der Waals surface area contributed by atoms with Gasteiger partial charge >= 0.3 is 0 Å². The van der Waals surface area contributed by atoms with Crippen molar-refractivity contribution in [3.8, 4) is 0 Å². The molecule has 3 aliphatic rings. The molecule has 5 rings (SSSR count). The molecule has 0 spiro atoms. The van der Waals surface area contributed by atoms with Crippen LogP contribution in [0.5, 0.6) is 0 Å². The van der Waals surface area contributed by atoms with E-state index in [4.69, 9.17) is 4.42 Å². The average Bonchev–Trinajstić information content (AvgIpc) is 3.13. The summed E-state index contributed by atoms with van der Waals surface area (Å²) >= 11 is 0. The van der Waals surface area contributed by atoms with Crippen LogP contribution >= 0.6 is 0 Å². The summed E-state index contributed by atoms with van der Waals surface area (Å²) in [6.07, 6.45) is 16.1. The molecule has 0 fully saturated rings. The van der Waals surface area contributed by atoms with E-state index in [0.29, 0.717) is 22.6 Å². The van der Waals surface area contributed by atoms with Crippen LogP contribution in [0.4, 0.5) is 4.39 Å². The molecule has 6 heteroatoms. The lowest BCUT2D eigenvalue weighted by Gasteiger charge is -2.27. The number of halogens is 1. The Hall–Kier alpha value is -3.51. The maximum absolute atomic E-state index is 14.5. The van der Waals surface area contributed by atoms with Crippen LogP contribution in [0.25, 0.3) is 16.7 Å². The third-order valence-electron chi connectivity index (χ3n) is 5.71. The second kappa shape index (κ2) is 7.63. The number of nitrogens with zero attached hydrogens (tertiary/aromatic N) is 3. The lowest BCUT2D eigenvalue weighted by atomic mass is 9.97. The van der Waals surface area contributed by atoms with Gasteiger partial charge in [-0.1, -0.05) is 24.3 Å². The topological polar surface area (TPSA) is 49.6 Å². The van der Waals surface area contributed by atoms with Crippen LogP contribution in [0.3, 0.4) is 0 Å². The van der Waals surface area contributed by atoms with Gasteiger partial charge < -0.3 is 9.32 Å². The summed E-state index contributed by atoms with van der Waals surface area (Å²) in [5.41, 5.74) is 4.82. The Labute approximate surface area is 179 Å². The molecule has 4 heterocycles. The Morgan fingerprint density at radius 1 is 1.16 bits per heavy atom. The van der Waals surface area contributed by atoms with Crippen molar-refractivity contribution >= 4 is 22.6 Å². The van der Waals surface area contributed by atoms with Crippen molar-refractivity contribution in [2.24, 2.45) is 0 Å². The number of hydrogen-bond donors (Lipinski definition) is 0. The monoisotopic (exact) mass is 415 g/mol. The van der Waals surface area contributed by atoms with Gasteiger partial charge in [0.05, 0.1) is 0 Å². The Morgan fingerprint density at radius 2 is 2.03 bits per heavy atom. The van der Waals surface area contributed by atoms with E-state index < -0.39 is 5.82 Å². The highest BCUT2D eigenvalue weighted by Gasteiger charge is 2.21. The van der Waals surface area contributed by atoms with Crippen LogP contribution in [0.15, 0.2) is 82.1 Å². The molecule has 5 nitrogen and oxygen atoms in total. The zero-order valence-corrected chi connectivity index (χ0v) is 17.4. The zero-order valence-electron chi connectivity index (χ0n) is 17.4. The second-order valence-electron chi connectivity index (χ2n) is 7.96. The summed E-state index contributed by atoms with van der Waals surface area (Å²) in [4.78, 5) is 21.1. The van der Waals surface area contributed by atoms with Gasteiger partial charge in [-0.05, 0) is 60.0 Å². The van der Waals surface area contributed by atoms with Crippen molar-refractivity contribution in [1.82, 2.24) is 14.8 Å². The van der Waals surface area contributed by atoms with E-state index in [2.05, 4.69) is 29.1 Å². The predicted octanol–water partition coefficient (Wildman–Crippen LogP) is 4.66. The van der Waals surface area contributed by atoms with Crippen molar-refractivity contribution in [2.45, 2.75) is 13.3 Å². The molecule has 0 aliphatic carbocycles. The SMILES string of the molecule is Cc1nc2c(F)cc(C3=CC(=O)N4C=C(C5=CCN(C)CC5)C=C/C4=C\C=C3)cc2o1. The Bertz CT molecular complexity index is 1270. The molecule has 0 radical (unpaired) electrons. The Kier molecular flexibility index (Phi) is 4.79. The summed E-state index contributed by atoms with van der Waals surface area (Å²) in [5.74, 6) is -0.255. The third kappa shape index (κ3) is 3.70. The van der Waals surface area contributed by atoms with Gasteiger partial charge in [-0.25, -0.2) is 9.37 Å². The molecule has 1 aromatic heterocycles. The lowest BCUT2D eigenvalue weighted by Crippen LogP contribution is -2.27. The van der Waals surface area contributed by atoms with Crippen molar-refractivity contribution in [2.75, 3.05) is 20.1 Å². The van der Waals surface area contributed by atoms with E-state index in [0.717, 1.165) is 30.8 Å². The minimum Gasteiger partial charge on any atom is -0.441 e. The van der Waals surface area contributed by atoms with E-state index >= 15 is 0 Å². The van der Waals surface area contributed by atoms with E-state index in [1.807, 2.05) is 24.4 Å². The molecule has 1 amide bonds. The number of oxazole rings is 1. The quantitative estimate of drug-likeness (QED) is 0.716. The van der Waals surface area contributed by atoms with Crippen LogP contribution < -0.4 is 0 Å². The highest BCUT2D eigenvalue weighted by molar-refractivity contribution is 6.00. The number of likely N-dealkylation sites (N-methyl/N-ethyl adjacent to an activating group) is 1. The van der Waals surface area contributed by atoms with Crippen molar-refractivity contribution in [3.05, 3.63) is 95.0 Å². The molecule has 3 aliphatic heterocycles. The number of benzene rings is 1. The van der Waals surface area contributed by atoms with Gasteiger partial charge in [0.2, 0.25) is 0 Å². The van der Waals surface area contributed by atoms with Gasteiger partial charge in [0.1, 0.15) is 5.52 Å². The third-order valence-corrected chi connectivity index (χ3v) is 5.71. The first-order chi connectivity index (χ1) is 15.0. The smallest absolute Gasteiger partial charge is 0.255 e. The molecule has 2 aromatic rings. The van der Waals surface area contributed by atoms with Crippen molar-refractivity contribution < 1.29 is 13.6 Å². The average molecular weight is 415 g/mol. The molecule has 156 valence electrons. The molecule has 0 saturated heterocycles. The first kappa shape index (κ1) is 19.5. The predicted molar refractivity (Wildman–Crippen MR) is 118 cm³/mol. The maximum Gasteiger partial charge on any atom is 0.255 e. The first-order valence-corrected chi connectivity index (χ1v) is 10.3. The fourth-order valence-electron chi connectivity index (χ4n) is 4.01. The van der Waals surface area contributed by atoms with Gasteiger partial charge in [-0.2, -0.15) is 0 Å². The molecule has 0 N–H and O–H groups in total. The normalized spacial score (nSPS) is 21.1. The molecule has 0 saturated carbocycles. The number of amides is 1. The summed E-state index contributed by atoms with van der Waals surface area (Å²) in [6, 6.07) is 3.11. The fourth-order valence-corrected chi connectivity index (χ4v) is 4.01. The van der Waals surface area contributed by atoms with Crippen molar-refractivity contribution in [3.63, 3.8) is 0 Å². The lowest BCUT2D eigenvalue weighted by molar-refractivity contribution is -0.122. The maximum atomic E-state index is 14.5. The number of rotatable bonds is 2. The van der Waals surface area contributed by atoms with E-state index in [-0.39, 0.29) is 11.4 Å². The molecular weight excluding hydrogens is 393 g/mol. The van der Waals surface area contributed by atoms with Crippen LogP contribution in [0.2, 0.25) is 0 Å². The number of aromatic nitrogens is 1. The standard InChI is InChI=1S/C25H22FN3O2/c1-16-27-25-22(26)12-20(13-23(25)31-16)18-4-3-5-21-7-6-19(15-29(21)24(30)14-18)17-8-10-28(2)11-9-17/h3-8,12-15H,9-11H2,1-2H3/b4-3?,18-14?,21-5+. The second-order valence-corrected chi connectivity index (χ2v) is 7.96. The Balaban J connectivity index is 1.51. The van der Waals surface area contributed by atoms with Gasteiger partial charge in [0.25, 0.3) is 5.91 Å². The van der Waals surface area contributed by atoms with Gasteiger partial charge in [-0.15, -0.1) is 0 Å². The highest BCUT2D eigenvalue weighted by Crippen LogP contribution is 2.30. The fraction of sp³-hybridized carbons (Fsp3) is 0.200. The molecule has 31 heavy (non-hydrogen) atoms. The first-order valence-electron chi connectivity index (χ1n) is 10.3. The Morgan fingerprint density at radius 3 is 2.84 bits per heavy atom. The summed E-state index contributed by atoms with van der Waals surface area (Å²) < 4.78 is 20.0.